The molecular formula is C77H96N10O17S. The summed E-state index contributed by atoms with van der Waals surface area (Å²) in [7, 11) is 1.68. The molecule has 1 saturated heterocycles. The molecule has 3 aromatic carbocycles. The van der Waals surface area contributed by atoms with Gasteiger partial charge in [-0.1, -0.05) is 78.3 Å². The minimum atomic E-state index is -2.06. The second-order valence-electron chi connectivity index (χ2n) is 28.5. The topological polar surface area (TPSA) is 374 Å². The van der Waals surface area contributed by atoms with Gasteiger partial charge in [0.1, 0.15) is 42.0 Å². The standard InChI is InChI=1S/C77H96N10O17S/c1-41(2)63(83-57(90)20-13-12-14-33-87-58(91)27-28-59(87)92)74(98)82-54(19-16-32-79-75(78)99)73(97)80-50-23-21-49(22-24-50)40-101-76(100)85(11)51-29-34-86(35-30-51)52-25-26-53-56(39-52)105-70-64(81-53)60-61-66(93)47(8)69-62(60)71(95)77(10,104-69)102-36-31-55(89)46(7)68(103-48(9)88)45(6)38-43(4)37-42(3)17-15-18-44(5)72(96)84-65(70)67(61)94/h15,17-18,21-28,31,36,39,41-43,45-46,51,54-55,63,68,89,93H,12-14,16,19-20,29-30,32-35,37-38,40H2,1-11H3,(H,80,97)(H,82,98)(H,83,90)(H,84,96)(H3,78,79,99)/b17-15+,36-31+,44-18-/t42-,43+,45+,46+,54-,55-,63-,68-,77-/m0/s1. The SMILES string of the molecule is CC(=O)O[C@@H]1[C@H](C)[C@@H](O)/C=C/O[C@@]2(C)Oc3c(C)c(O)c4c(=O)c(c5sc6cc(N7CCC(N(C)C(=O)OCc8ccc(NC(=O)[C@H](CCCNC(N)=O)NC(=O)[C@@H](NC(=O)CCCCCN9C(=O)C=CC9=O)C(C)C)cc8)CC7)ccc6nc-5c4c3C2=O)NC(=O)/C(C)=C\C=C\[C@H](C)C[C@@H](C)C[C@H]1C. The Morgan fingerprint density at radius 2 is 1.60 bits per heavy atom. The van der Waals surface area contributed by atoms with Crippen LogP contribution >= 0.6 is 11.3 Å². The quantitative estimate of drug-likeness (QED) is 0.0111. The Balaban J connectivity index is 0.867. The van der Waals surface area contributed by atoms with Crippen LogP contribution in [0, 0.1) is 36.5 Å². The van der Waals surface area contributed by atoms with Crippen molar-refractivity contribution in [1.29, 1.82) is 0 Å². The molecule has 28 heteroatoms. The number of fused-ring (bicyclic) bond motifs is 2. The number of aromatic nitrogens is 1. The lowest BCUT2D eigenvalue weighted by molar-refractivity contribution is -0.154. The monoisotopic (exact) mass is 1460 g/mol. The predicted molar refractivity (Wildman–Crippen MR) is 397 cm³/mol. The molecule has 6 aliphatic rings. The molecule has 27 nitrogen and oxygen atoms in total. The van der Waals surface area contributed by atoms with Crippen LogP contribution in [0.5, 0.6) is 11.5 Å². The molecule has 105 heavy (non-hydrogen) atoms. The normalized spacial score (nSPS) is 22.7. The van der Waals surface area contributed by atoms with Crippen LogP contribution in [0.1, 0.15) is 148 Å². The molecule has 562 valence electrons. The maximum atomic E-state index is 15.2. The van der Waals surface area contributed by atoms with E-state index in [1.807, 2.05) is 31.2 Å². The number of primary amides is 1. The summed E-state index contributed by atoms with van der Waals surface area (Å²) in [6, 6.07) is 9.25. The molecule has 0 unspecified atom stereocenters. The van der Waals surface area contributed by atoms with Crippen LogP contribution in [0.3, 0.4) is 0 Å². The van der Waals surface area contributed by atoms with Crippen molar-refractivity contribution in [2.75, 3.05) is 48.8 Å². The van der Waals surface area contributed by atoms with E-state index in [1.54, 1.807) is 76.1 Å². The number of aliphatic hydroxyl groups is 1. The Morgan fingerprint density at radius 3 is 2.28 bits per heavy atom. The average Bonchev–Trinajstić information content (AvgIpc) is 1.70. The van der Waals surface area contributed by atoms with Crippen molar-refractivity contribution < 1.29 is 77.1 Å². The maximum absolute atomic E-state index is 15.2. The smallest absolute Gasteiger partial charge is 0.410 e. The number of aliphatic hydroxyl groups excluding tert-OH is 1. The van der Waals surface area contributed by atoms with Crippen molar-refractivity contribution in [2.24, 2.45) is 35.3 Å². The van der Waals surface area contributed by atoms with E-state index < -0.39 is 88.8 Å². The summed E-state index contributed by atoms with van der Waals surface area (Å²) in [5.74, 6) is -7.54. The van der Waals surface area contributed by atoms with Crippen LogP contribution in [-0.2, 0) is 54.4 Å². The molecule has 0 aromatic heterocycles. The van der Waals surface area contributed by atoms with Gasteiger partial charge >= 0.3 is 23.9 Å². The fourth-order valence-electron chi connectivity index (χ4n) is 13.9. The van der Waals surface area contributed by atoms with Gasteiger partial charge in [0.25, 0.3) is 23.5 Å². The van der Waals surface area contributed by atoms with E-state index in [4.69, 9.17) is 29.7 Å². The number of rotatable bonds is 21. The molecular weight excluding hydrogens is 1370 g/mol. The number of esters is 1. The van der Waals surface area contributed by atoms with Gasteiger partial charge in [-0.3, -0.25) is 48.1 Å². The van der Waals surface area contributed by atoms with E-state index in [-0.39, 0.29) is 136 Å². The summed E-state index contributed by atoms with van der Waals surface area (Å²) in [4.78, 5) is 156. The number of imide groups is 1. The zero-order chi connectivity index (χ0) is 76.3. The van der Waals surface area contributed by atoms with Gasteiger partial charge in [-0.25, -0.2) is 14.6 Å². The lowest BCUT2D eigenvalue weighted by Gasteiger charge is -2.37. The zero-order valence-corrected chi connectivity index (χ0v) is 62.1. The van der Waals surface area contributed by atoms with Crippen molar-refractivity contribution in [3.05, 3.63) is 118 Å². The molecule has 3 aromatic rings. The lowest BCUT2D eigenvalue weighted by atomic mass is 9.82. The van der Waals surface area contributed by atoms with Gasteiger partial charge in [-0.15, -0.1) is 11.3 Å². The third-order valence-corrected chi connectivity index (χ3v) is 21.0. The number of benzene rings is 4. The number of nitrogens with one attached hydrogen (secondary N) is 5. The highest BCUT2D eigenvalue weighted by Gasteiger charge is 2.50. The van der Waals surface area contributed by atoms with Gasteiger partial charge in [-0.2, -0.15) is 0 Å². The third kappa shape index (κ3) is 19.0. The second-order valence-corrected chi connectivity index (χ2v) is 29.5. The predicted octanol–water partition coefficient (Wildman–Crippen LogP) is 9.56. The first-order chi connectivity index (χ1) is 49.8. The highest BCUT2D eigenvalue weighted by atomic mass is 32.1. The minimum Gasteiger partial charge on any atom is -0.507 e. The number of nitrogens with two attached hydrogens (primary N) is 1. The van der Waals surface area contributed by atoms with Crippen LogP contribution in [0.15, 0.2) is 95.6 Å². The maximum Gasteiger partial charge on any atom is 0.410 e. The number of piperidine rings is 1. The number of carbonyl (C=O) groups excluding carboxylic acids is 10. The second kappa shape index (κ2) is 34.6. The fraction of sp³-hybridized carbons (Fsp3) is 0.481. The van der Waals surface area contributed by atoms with Gasteiger partial charge in [0.2, 0.25) is 23.2 Å². The van der Waals surface area contributed by atoms with E-state index in [0.717, 1.165) is 23.3 Å². The molecule has 0 radical (unpaired) electrons. The Bertz CT molecular complexity index is 4290. The Kier molecular flexibility index (Phi) is 26.0. The first kappa shape index (κ1) is 78.9. The van der Waals surface area contributed by atoms with Gasteiger partial charge in [0.15, 0.2) is 0 Å². The van der Waals surface area contributed by atoms with Gasteiger partial charge in [0.05, 0.1) is 44.1 Å². The van der Waals surface area contributed by atoms with Crippen molar-refractivity contribution in [3.63, 3.8) is 0 Å². The molecule has 1 fully saturated rings. The number of carbonyl (C=O) groups is 10. The molecule has 9 rings (SSSR count). The highest BCUT2D eigenvalue weighted by molar-refractivity contribution is 7.22. The van der Waals surface area contributed by atoms with Gasteiger partial charge < -0.3 is 71.3 Å². The first-order valence-corrected chi connectivity index (χ1v) is 36.6. The molecule has 9 N–H and O–H groups in total. The van der Waals surface area contributed by atoms with E-state index in [9.17, 15) is 58.2 Å². The van der Waals surface area contributed by atoms with Crippen molar-refractivity contribution >= 4 is 109 Å². The number of phenols is 1. The Labute approximate surface area is 613 Å². The van der Waals surface area contributed by atoms with Crippen molar-refractivity contribution in [2.45, 2.75) is 176 Å². The number of unbranched alkanes of at least 4 members (excludes halogenated alkanes) is 2. The van der Waals surface area contributed by atoms with Crippen LogP contribution < -0.4 is 47.4 Å². The molecule has 5 heterocycles. The largest absolute Gasteiger partial charge is 0.507 e. The van der Waals surface area contributed by atoms with Crippen molar-refractivity contribution in [3.8, 4) is 22.1 Å². The molecule has 1 aliphatic carbocycles. The van der Waals surface area contributed by atoms with E-state index in [1.165, 1.54) is 50.3 Å². The number of aromatic hydroxyl groups is 1. The summed E-state index contributed by atoms with van der Waals surface area (Å²) < 4.78 is 24.6. The summed E-state index contributed by atoms with van der Waals surface area (Å²) >= 11 is 1.17. The van der Waals surface area contributed by atoms with Gasteiger partial charge in [0, 0.05) is 106 Å². The number of urea groups is 1. The van der Waals surface area contributed by atoms with E-state index in [2.05, 4.69) is 45.3 Å². The zero-order valence-electron chi connectivity index (χ0n) is 61.3. The molecule has 9 amide bonds. The molecule has 0 saturated carbocycles. The Hall–Kier alpha value is -10.2. The van der Waals surface area contributed by atoms with Gasteiger partial charge in [-0.05, 0) is 131 Å². The number of Topliss-reactive ketones (excluding diaryl/α,β-unsaturated/α-hetero) is 1. The number of ether oxygens (including phenoxy) is 4. The summed E-state index contributed by atoms with van der Waals surface area (Å²) in [5.41, 5.74) is 7.04. The summed E-state index contributed by atoms with van der Waals surface area (Å²) in [6.07, 6.45) is 12.5. The van der Waals surface area contributed by atoms with Crippen LogP contribution in [-0.4, -0.2) is 154 Å². The number of ketones is 1. The van der Waals surface area contributed by atoms with Crippen LogP contribution in [0.25, 0.3) is 31.6 Å². The number of amides is 9. The third-order valence-electron chi connectivity index (χ3n) is 19.8. The first-order valence-electron chi connectivity index (χ1n) is 35.7. The fourth-order valence-corrected chi connectivity index (χ4v) is 15.0. The number of nitrogens with zero attached hydrogens (tertiary/aromatic N) is 4. The number of hydrogen-bond acceptors (Lipinski definition) is 20. The molecule has 4 bridgehead atoms. The summed E-state index contributed by atoms with van der Waals surface area (Å²) in [6.45, 7) is 18.6. The molecule has 5 aliphatic heterocycles. The van der Waals surface area contributed by atoms with Crippen LogP contribution in [0.4, 0.5) is 26.7 Å². The Morgan fingerprint density at radius 1 is 0.895 bits per heavy atom. The summed E-state index contributed by atoms with van der Waals surface area (Å²) in [5, 5.41) is 37.0. The highest BCUT2D eigenvalue weighted by Crippen LogP contribution is 2.52. The molecule has 0 spiro atoms. The van der Waals surface area contributed by atoms with Crippen molar-refractivity contribution in [1.82, 2.24) is 30.7 Å². The number of hydrogen-bond donors (Lipinski definition) is 8. The average molecular weight is 1470 g/mol. The van der Waals surface area contributed by atoms with E-state index in [0.29, 0.717) is 73.1 Å². The van der Waals surface area contributed by atoms with E-state index >= 15 is 4.79 Å². The number of anilines is 3. The number of allylic oxidation sites excluding steroid dienone is 3. The van der Waals surface area contributed by atoms with Crippen LogP contribution in [0.2, 0.25) is 0 Å². The minimum absolute atomic E-state index is 0.00398. The lowest BCUT2D eigenvalue weighted by Crippen LogP contribution is -2.54. The molecule has 9 atom stereocenters. The number of phenolic OH excluding ortho intramolecular Hbond substituents is 1.